The molecule has 0 atom stereocenters. The lowest BCUT2D eigenvalue weighted by molar-refractivity contribution is 0.190. The molecule has 1 aromatic carbocycles. The first-order chi connectivity index (χ1) is 8.60. The van der Waals surface area contributed by atoms with Gasteiger partial charge in [-0.3, -0.25) is 4.79 Å². The van der Waals surface area contributed by atoms with E-state index in [1.165, 1.54) is 0 Å². The molecule has 4 nitrogen and oxygen atoms in total. The van der Waals surface area contributed by atoms with Crippen molar-refractivity contribution in [2.75, 3.05) is 0 Å². The summed E-state index contributed by atoms with van der Waals surface area (Å²) in [7, 11) is 0. The van der Waals surface area contributed by atoms with Gasteiger partial charge in [-0.2, -0.15) is 0 Å². The molecule has 2 bridgehead atoms. The fraction of sp³-hybridized carbons (Fsp3) is 0.429. The first kappa shape index (κ1) is 10.3. The van der Waals surface area contributed by atoms with Crippen molar-refractivity contribution >= 4 is 10.9 Å². The molecule has 4 heteroatoms. The fourth-order valence-corrected chi connectivity index (χ4v) is 3.76. The van der Waals surface area contributed by atoms with Crippen LogP contribution >= 0.6 is 0 Å². The smallest absolute Gasteiger partial charge is 0.258 e. The second-order valence-electron chi connectivity index (χ2n) is 5.93. The lowest BCUT2D eigenvalue weighted by atomic mass is 9.65. The Morgan fingerprint density at radius 1 is 1.22 bits per heavy atom. The Kier molecular flexibility index (Phi) is 1.71. The van der Waals surface area contributed by atoms with E-state index in [9.17, 15) is 4.79 Å². The van der Waals surface area contributed by atoms with E-state index in [0.717, 1.165) is 37.0 Å². The van der Waals surface area contributed by atoms with Crippen molar-refractivity contribution in [3.05, 3.63) is 40.4 Å². The largest absolute Gasteiger partial charge is 0.325 e. The number of H-pyrrole nitrogens is 1. The van der Waals surface area contributed by atoms with Crippen molar-refractivity contribution in [3.63, 3.8) is 0 Å². The average Bonchev–Trinajstić information content (AvgIpc) is 2.83. The molecule has 1 heterocycles. The first-order valence-corrected chi connectivity index (χ1v) is 6.39. The van der Waals surface area contributed by atoms with Gasteiger partial charge in [-0.1, -0.05) is 12.1 Å². The quantitative estimate of drug-likeness (QED) is 0.793. The molecule has 0 spiro atoms. The van der Waals surface area contributed by atoms with Crippen LogP contribution in [0, 0.1) is 0 Å². The standard InChI is InChI=1S/C14H15N3O/c15-14-6-5-13(7-14,8-14)12-16-10-4-2-1-3-9(10)11(18)17-12/h1-4H,5-8,15H2,(H,16,17,18). The monoisotopic (exact) mass is 241 g/mol. The van der Waals surface area contributed by atoms with Crippen LogP contribution in [-0.2, 0) is 5.41 Å². The SMILES string of the molecule is NC12CCC(c3nc4ccccc4c(=O)[nH]3)(C1)C2. The maximum Gasteiger partial charge on any atom is 0.258 e. The van der Waals surface area contributed by atoms with Gasteiger partial charge in [0.05, 0.1) is 10.9 Å². The predicted octanol–water partition coefficient (Wildman–Crippen LogP) is 1.45. The summed E-state index contributed by atoms with van der Waals surface area (Å²) in [4.78, 5) is 19.7. The second kappa shape index (κ2) is 3.01. The number of benzene rings is 1. The molecule has 92 valence electrons. The summed E-state index contributed by atoms with van der Waals surface area (Å²) in [5.41, 5.74) is 6.99. The second-order valence-corrected chi connectivity index (χ2v) is 5.93. The van der Waals surface area contributed by atoms with Gasteiger partial charge in [-0.15, -0.1) is 0 Å². The Bertz CT molecular complexity index is 697. The highest BCUT2D eigenvalue weighted by atomic mass is 16.1. The van der Waals surface area contributed by atoms with Gasteiger partial charge in [0.1, 0.15) is 5.82 Å². The van der Waals surface area contributed by atoms with Crippen LogP contribution in [0.1, 0.15) is 31.5 Å². The number of para-hydroxylation sites is 1. The number of nitrogens with two attached hydrogens (primary N) is 1. The van der Waals surface area contributed by atoms with Gasteiger partial charge >= 0.3 is 0 Å². The van der Waals surface area contributed by atoms with E-state index in [-0.39, 0.29) is 16.5 Å². The lowest BCUT2D eigenvalue weighted by Gasteiger charge is -2.44. The number of nitrogens with zero attached hydrogens (tertiary/aromatic N) is 1. The Balaban J connectivity index is 1.90. The van der Waals surface area contributed by atoms with Crippen LogP contribution in [0.15, 0.2) is 29.1 Å². The van der Waals surface area contributed by atoms with Crippen molar-refractivity contribution in [3.8, 4) is 0 Å². The van der Waals surface area contributed by atoms with E-state index < -0.39 is 0 Å². The molecule has 0 unspecified atom stereocenters. The fourth-order valence-electron chi connectivity index (χ4n) is 3.76. The Hall–Kier alpha value is -1.68. The summed E-state index contributed by atoms with van der Waals surface area (Å²) >= 11 is 0. The molecule has 3 fully saturated rings. The first-order valence-electron chi connectivity index (χ1n) is 6.39. The van der Waals surface area contributed by atoms with Crippen LogP contribution in [0.2, 0.25) is 0 Å². The summed E-state index contributed by atoms with van der Waals surface area (Å²) in [6.45, 7) is 0. The summed E-state index contributed by atoms with van der Waals surface area (Å²) in [6, 6.07) is 7.49. The summed E-state index contributed by atoms with van der Waals surface area (Å²) in [5.74, 6) is 0.838. The van der Waals surface area contributed by atoms with Gasteiger partial charge in [0, 0.05) is 11.0 Å². The third-order valence-electron chi connectivity index (χ3n) is 4.60. The van der Waals surface area contributed by atoms with Crippen molar-refractivity contribution in [2.24, 2.45) is 5.73 Å². The van der Waals surface area contributed by atoms with Crippen LogP contribution in [0.25, 0.3) is 10.9 Å². The molecular weight excluding hydrogens is 226 g/mol. The molecule has 3 aliphatic carbocycles. The van der Waals surface area contributed by atoms with Gasteiger partial charge in [0.25, 0.3) is 5.56 Å². The Morgan fingerprint density at radius 3 is 2.72 bits per heavy atom. The topological polar surface area (TPSA) is 71.8 Å². The van der Waals surface area contributed by atoms with Crippen molar-refractivity contribution in [2.45, 2.75) is 36.6 Å². The van der Waals surface area contributed by atoms with E-state index in [2.05, 4.69) is 9.97 Å². The van der Waals surface area contributed by atoms with Crippen LogP contribution < -0.4 is 11.3 Å². The summed E-state index contributed by atoms with van der Waals surface area (Å²) < 4.78 is 0. The molecule has 0 saturated heterocycles. The zero-order valence-electron chi connectivity index (χ0n) is 10.1. The van der Waals surface area contributed by atoms with E-state index in [0.29, 0.717) is 5.39 Å². The number of rotatable bonds is 1. The molecule has 5 rings (SSSR count). The molecule has 3 saturated carbocycles. The molecule has 18 heavy (non-hydrogen) atoms. The van der Waals surface area contributed by atoms with E-state index in [4.69, 9.17) is 5.73 Å². The molecule has 0 amide bonds. The summed E-state index contributed by atoms with van der Waals surface area (Å²) in [6.07, 6.45) is 4.01. The van der Waals surface area contributed by atoms with Crippen LogP contribution in [0.3, 0.4) is 0 Å². The van der Waals surface area contributed by atoms with Crippen LogP contribution in [0.4, 0.5) is 0 Å². The lowest BCUT2D eigenvalue weighted by Crippen LogP contribution is -2.53. The van der Waals surface area contributed by atoms with Gasteiger partial charge in [-0.05, 0) is 37.8 Å². The maximum atomic E-state index is 12.1. The van der Waals surface area contributed by atoms with Crippen LogP contribution in [0.5, 0.6) is 0 Å². The van der Waals surface area contributed by atoms with Crippen molar-refractivity contribution in [1.29, 1.82) is 0 Å². The molecule has 0 aliphatic heterocycles. The van der Waals surface area contributed by atoms with Gasteiger partial charge in [0.15, 0.2) is 0 Å². The minimum Gasteiger partial charge on any atom is -0.325 e. The van der Waals surface area contributed by atoms with Gasteiger partial charge < -0.3 is 10.7 Å². The molecule has 3 aliphatic rings. The minimum atomic E-state index is -0.0357. The molecule has 1 aromatic heterocycles. The van der Waals surface area contributed by atoms with Crippen molar-refractivity contribution < 1.29 is 0 Å². The van der Waals surface area contributed by atoms with Gasteiger partial charge in [-0.25, -0.2) is 4.98 Å². The molecular formula is C14H15N3O. The third kappa shape index (κ3) is 1.18. The highest BCUT2D eigenvalue weighted by Crippen LogP contribution is 2.60. The molecule has 3 N–H and O–H groups in total. The van der Waals surface area contributed by atoms with Gasteiger partial charge in [0.2, 0.25) is 0 Å². The molecule has 2 aromatic rings. The maximum absolute atomic E-state index is 12.1. The highest BCUT2D eigenvalue weighted by Gasteiger charge is 2.60. The van der Waals surface area contributed by atoms with Crippen LogP contribution in [-0.4, -0.2) is 15.5 Å². The number of aromatic amines is 1. The highest BCUT2D eigenvalue weighted by molar-refractivity contribution is 5.77. The zero-order valence-corrected chi connectivity index (χ0v) is 10.1. The number of aromatic nitrogens is 2. The third-order valence-corrected chi connectivity index (χ3v) is 4.60. The summed E-state index contributed by atoms with van der Waals surface area (Å²) in [5, 5.41) is 0.661. The zero-order chi connectivity index (χ0) is 12.4. The molecule has 0 radical (unpaired) electrons. The number of nitrogens with one attached hydrogen (secondary N) is 1. The Labute approximate surface area is 104 Å². The number of hydrogen-bond acceptors (Lipinski definition) is 3. The van der Waals surface area contributed by atoms with E-state index in [1.807, 2.05) is 24.3 Å². The van der Waals surface area contributed by atoms with E-state index >= 15 is 0 Å². The Morgan fingerprint density at radius 2 is 2.00 bits per heavy atom. The predicted molar refractivity (Wildman–Crippen MR) is 69.4 cm³/mol. The van der Waals surface area contributed by atoms with E-state index in [1.54, 1.807) is 0 Å². The minimum absolute atomic E-state index is 0.00418. The number of fused-ring (bicyclic) bond motifs is 2. The normalized spacial score (nSPS) is 33.6. The number of hydrogen-bond donors (Lipinski definition) is 2. The average molecular weight is 241 g/mol. The van der Waals surface area contributed by atoms with Crippen molar-refractivity contribution in [1.82, 2.24) is 9.97 Å².